The summed E-state index contributed by atoms with van der Waals surface area (Å²) in [5.74, 6) is 1.33. The fourth-order valence-corrected chi connectivity index (χ4v) is 4.26. The largest absolute Gasteiger partial charge is 0.370 e. The monoisotopic (exact) mass is 474 g/mol. The molecule has 1 aromatic carbocycles. The highest BCUT2D eigenvalue weighted by atomic mass is 19.1. The Labute approximate surface area is 204 Å². The Morgan fingerprint density at radius 1 is 0.971 bits per heavy atom. The number of fused-ring (bicyclic) bond motifs is 1. The number of hydrogen-bond acceptors (Lipinski definition) is 8. The third-order valence-corrected chi connectivity index (χ3v) is 6.01. The Kier molecular flexibility index (Phi) is 8.10. The summed E-state index contributed by atoms with van der Waals surface area (Å²) in [6.45, 7) is 6.22. The predicted molar refractivity (Wildman–Crippen MR) is 138 cm³/mol. The summed E-state index contributed by atoms with van der Waals surface area (Å²) in [5.41, 5.74) is 4.31. The lowest BCUT2D eigenvalue weighted by atomic mass is 9.90. The molecule has 1 unspecified atom stereocenters. The molecule has 0 spiro atoms. The number of anilines is 2. The minimum absolute atomic E-state index is 0.230. The summed E-state index contributed by atoms with van der Waals surface area (Å²) in [7, 11) is 1.86. The van der Waals surface area contributed by atoms with Gasteiger partial charge in [-0.05, 0) is 56.0 Å². The van der Waals surface area contributed by atoms with Gasteiger partial charge in [-0.3, -0.25) is 4.98 Å². The van der Waals surface area contributed by atoms with Crippen LogP contribution in [0.1, 0.15) is 43.7 Å². The van der Waals surface area contributed by atoms with Gasteiger partial charge >= 0.3 is 0 Å². The summed E-state index contributed by atoms with van der Waals surface area (Å²) >= 11 is 0. The summed E-state index contributed by atoms with van der Waals surface area (Å²) in [6.07, 6.45) is 8.58. The van der Waals surface area contributed by atoms with Crippen molar-refractivity contribution in [3.63, 3.8) is 0 Å². The Morgan fingerprint density at radius 2 is 1.80 bits per heavy atom. The number of pyridine rings is 1. The van der Waals surface area contributed by atoms with Gasteiger partial charge in [-0.15, -0.1) is 0 Å². The van der Waals surface area contributed by atoms with Gasteiger partial charge in [0, 0.05) is 55.2 Å². The second-order valence-corrected chi connectivity index (χ2v) is 8.30. The van der Waals surface area contributed by atoms with Crippen LogP contribution in [0.15, 0.2) is 49.2 Å². The first-order valence-corrected chi connectivity index (χ1v) is 12.0. The van der Waals surface area contributed by atoms with Gasteiger partial charge in [0.1, 0.15) is 18.0 Å². The molecule has 0 bridgehead atoms. The van der Waals surface area contributed by atoms with Crippen LogP contribution in [0.3, 0.4) is 0 Å². The van der Waals surface area contributed by atoms with Crippen molar-refractivity contribution < 1.29 is 4.39 Å². The molecule has 8 nitrogen and oxygen atoms in total. The van der Waals surface area contributed by atoms with Gasteiger partial charge in [-0.1, -0.05) is 13.0 Å². The first-order valence-electron chi connectivity index (χ1n) is 12.0. The fourth-order valence-electron chi connectivity index (χ4n) is 4.26. The van der Waals surface area contributed by atoms with Crippen LogP contribution in [0, 0.1) is 5.82 Å². The van der Waals surface area contributed by atoms with Crippen molar-refractivity contribution >= 4 is 22.7 Å². The Balaban J connectivity index is 1.47. The molecule has 4 aromatic rings. The molecule has 0 fully saturated rings. The minimum atomic E-state index is -0.230. The van der Waals surface area contributed by atoms with Crippen molar-refractivity contribution in [2.45, 2.75) is 39.2 Å². The Bertz CT molecular complexity index is 1260. The lowest BCUT2D eigenvalue weighted by molar-refractivity contribution is 0.617. The maximum absolute atomic E-state index is 14.7. The van der Waals surface area contributed by atoms with Crippen molar-refractivity contribution in [1.29, 1.82) is 0 Å². The van der Waals surface area contributed by atoms with Crippen LogP contribution in [-0.4, -0.2) is 45.1 Å². The zero-order chi connectivity index (χ0) is 24.6. The molecule has 0 saturated heterocycles. The normalized spacial score (nSPS) is 12.0. The number of rotatable bonds is 11. The van der Waals surface area contributed by atoms with E-state index in [0.29, 0.717) is 24.4 Å². The quantitative estimate of drug-likeness (QED) is 0.286. The highest BCUT2D eigenvalue weighted by molar-refractivity contribution is 5.86. The third kappa shape index (κ3) is 5.68. The lowest BCUT2D eigenvalue weighted by Gasteiger charge is -2.19. The Hall–Kier alpha value is -3.72. The van der Waals surface area contributed by atoms with E-state index >= 15 is 0 Å². The van der Waals surface area contributed by atoms with Gasteiger partial charge in [0.05, 0.1) is 11.2 Å². The van der Waals surface area contributed by atoms with Gasteiger partial charge in [0.15, 0.2) is 0 Å². The first-order chi connectivity index (χ1) is 17.1. The number of benzene rings is 1. The topological polar surface area (TPSA) is 101 Å². The van der Waals surface area contributed by atoms with Crippen LogP contribution in [-0.2, 0) is 6.54 Å². The average molecular weight is 475 g/mol. The highest BCUT2D eigenvalue weighted by Gasteiger charge is 2.17. The number of nitrogens with zero attached hydrogens (tertiary/aromatic N) is 5. The van der Waals surface area contributed by atoms with E-state index in [9.17, 15) is 4.39 Å². The van der Waals surface area contributed by atoms with Crippen LogP contribution in [0.5, 0.6) is 0 Å². The standard InChI is InChI=1S/C26H31FN8/c1-4-17(20-6-7-21(27)24-18(13-28-3)9-11-31-25(20)24)8-10-30-23-12-22(34-16-35-23)19-14-32-26(29-5-2)33-15-19/h6-7,9,11-12,14-17,28H,4-5,8,10,13H2,1-3H3,(H,29,32,33)(H,30,34,35). The second kappa shape index (κ2) is 11.6. The lowest BCUT2D eigenvalue weighted by Crippen LogP contribution is -2.11. The van der Waals surface area contributed by atoms with Gasteiger partial charge in [0.25, 0.3) is 0 Å². The van der Waals surface area contributed by atoms with E-state index in [0.717, 1.165) is 53.1 Å². The third-order valence-electron chi connectivity index (χ3n) is 6.01. The molecule has 3 aromatic heterocycles. The van der Waals surface area contributed by atoms with Gasteiger partial charge in [0.2, 0.25) is 5.95 Å². The molecule has 0 amide bonds. The van der Waals surface area contributed by atoms with Crippen LogP contribution < -0.4 is 16.0 Å². The van der Waals surface area contributed by atoms with Crippen molar-refractivity contribution in [3.8, 4) is 11.3 Å². The Morgan fingerprint density at radius 3 is 2.54 bits per heavy atom. The molecule has 0 aliphatic rings. The zero-order valence-electron chi connectivity index (χ0n) is 20.3. The first kappa shape index (κ1) is 24.4. The van der Waals surface area contributed by atoms with E-state index in [1.165, 1.54) is 6.33 Å². The predicted octanol–water partition coefficient (Wildman–Crippen LogP) is 4.77. The number of nitrogens with one attached hydrogen (secondary N) is 3. The molecular weight excluding hydrogens is 443 g/mol. The van der Waals surface area contributed by atoms with E-state index in [1.807, 2.05) is 32.2 Å². The van der Waals surface area contributed by atoms with Crippen molar-refractivity contribution in [2.24, 2.45) is 0 Å². The molecule has 1 atom stereocenters. The molecule has 0 aliphatic heterocycles. The van der Waals surface area contributed by atoms with Crippen molar-refractivity contribution in [3.05, 3.63) is 66.1 Å². The van der Waals surface area contributed by atoms with Gasteiger partial charge in [-0.2, -0.15) is 0 Å². The molecule has 3 heterocycles. The fraction of sp³-hybridized carbons (Fsp3) is 0.346. The van der Waals surface area contributed by atoms with Gasteiger partial charge < -0.3 is 16.0 Å². The van der Waals surface area contributed by atoms with E-state index in [2.05, 4.69) is 47.8 Å². The van der Waals surface area contributed by atoms with E-state index in [-0.39, 0.29) is 11.7 Å². The number of halogens is 1. The van der Waals surface area contributed by atoms with Crippen LogP contribution >= 0.6 is 0 Å². The molecule has 0 radical (unpaired) electrons. The van der Waals surface area contributed by atoms with Gasteiger partial charge in [-0.25, -0.2) is 24.3 Å². The van der Waals surface area contributed by atoms with Crippen molar-refractivity contribution in [2.75, 3.05) is 30.8 Å². The summed E-state index contributed by atoms with van der Waals surface area (Å²) in [6, 6.07) is 7.21. The minimum Gasteiger partial charge on any atom is -0.370 e. The molecular formula is C26H31FN8. The molecule has 0 saturated carbocycles. The van der Waals surface area contributed by atoms with Crippen LogP contribution in [0.4, 0.5) is 16.2 Å². The molecule has 0 aliphatic carbocycles. The number of aromatic nitrogens is 5. The SMILES string of the molecule is CCNc1ncc(-c2cc(NCCC(CC)c3ccc(F)c4c(CNC)ccnc34)ncn2)cn1. The molecule has 182 valence electrons. The highest BCUT2D eigenvalue weighted by Crippen LogP contribution is 2.32. The molecule has 35 heavy (non-hydrogen) atoms. The molecule has 4 rings (SSSR count). The number of hydrogen-bond donors (Lipinski definition) is 3. The van der Waals surface area contributed by atoms with E-state index in [1.54, 1.807) is 24.7 Å². The summed E-state index contributed by atoms with van der Waals surface area (Å²) in [4.78, 5) is 21.9. The maximum atomic E-state index is 14.7. The van der Waals surface area contributed by atoms with Crippen LogP contribution in [0.25, 0.3) is 22.2 Å². The zero-order valence-corrected chi connectivity index (χ0v) is 20.3. The van der Waals surface area contributed by atoms with E-state index in [4.69, 9.17) is 0 Å². The second-order valence-electron chi connectivity index (χ2n) is 8.30. The van der Waals surface area contributed by atoms with Crippen molar-refractivity contribution in [1.82, 2.24) is 30.2 Å². The smallest absolute Gasteiger partial charge is 0.222 e. The molecule has 9 heteroatoms. The molecule has 3 N–H and O–H groups in total. The summed E-state index contributed by atoms with van der Waals surface area (Å²) < 4.78 is 14.7. The van der Waals surface area contributed by atoms with E-state index < -0.39 is 0 Å². The maximum Gasteiger partial charge on any atom is 0.222 e. The summed E-state index contributed by atoms with van der Waals surface area (Å²) in [5, 5.41) is 10.2. The average Bonchev–Trinajstić information content (AvgIpc) is 2.88. The van der Waals surface area contributed by atoms with Crippen LogP contribution in [0.2, 0.25) is 0 Å².